The number of sulfonamides is 1. The Morgan fingerprint density at radius 1 is 1.07 bits per heavy atom. The number of rotatable bonds is 20. The average Bonchev–Trinajstić information content (AvgIpc) is 3.97. The van der Waals surface area contributed by atoms with Gasteiger partial charge in [0.05, 0.1) is 42.0 Å². The molecule has 2 unspecified atom stereocenters. The molecule has 0 spiro atoms. The van der Waals surface area contributed by atoms with Crippen molar-refractivity contribution < 1.29 is 38.2 Å². The molecule has 17 heteroatoms. The molecule has 4 atom stereocenters. The molecular weight excluding hydrogens is 783 g/mol. The van der Waals surface area contributed by atoms with Crippen molar-refractivity contribution in [2.45, 2.75) is 108 Å². The van der Waals surface area contributed by atoms with Crippen LogP contribution in [0.3, 0.4) is 0 Å². The zero-order valence-corrected chi connectivity index (χ0v) is 35.3. The van der Waals surface area contributed by atoms with Crippen LogP contribution in [0.4, 0.5) is 9.59 Å². The summed E-state index contributed by atoms with van der Waals surface area (Å²) in [7, 11) is -4.09. The second-order valence-corrected chi connectivity index (χ2v) is 18.5. The van der Waals surface area contributed by atoms with Gasteiger partial charge in [0.1, 0.15) is 11.0 Å². The van der Waals surface area contributed by atoms with Crippen LogP contribution < -0.4 is 5.32 Å². The lowest BCUT2D eigenvalue weighted by Crippen LogP contribution is -2.57. The number of carboxylic acid groups (broad SMARTS) is 1. The first-order valence-corrected chi connectivity index (χ1v) is 22.3. The fraction of sp³-hybridized carbons (Fsp3) is 0.537. The number of aromatic nitrogens is 1. The molecule has 3 aromatic rings. The maximum absolute atomic E-state index is 14.5. The van der Waals surface area contributed by atoms with Crippen LogP contribution in [0.25, 0.3) is 0 Å². The van der Waals surface area contributed by atoms with Crippen LogP contribution in [-0.2, 0) is 34.3 Å². The van der Waals surface area contributed by atoms with Gasteiger partial charge in [-0.1, -0.05) is 80.7 Å². The summed E-state index contributed by atoms with van der Waals surface area (Å²) in [6, 6.07) is 13.0. The minimum atomic E-state index is -4.09. The van der Waals surface area contributed by atoms with E-state index >= 15 is 0 Å². The quantitative estimate of drug-likeness (QED) is 0.0649. The maximum atomic E-state index is 14.5. The SMILES string of the molecule is CCC(C)C(C(=O)N[C@@H](Cc1ccccc1)[C@@H](O)CN(CC1CCCC1)S(=O)(=O)c1ccc(C=NO)cc1)N1CCN(Cc2csc(CN(C(=O)O)C(C)C)n2)C1=O. The molecule has 2 heterocycles. The van der Waals surface area contributed by atoms with E-state index in [-0.39, 0.29) is 61.4 Å². The number of nitrogens with one attached hydrogen (secondary N) is 1. The standard InChI is InChI=1S/C41H57N7O8S2/c1-5-29(4)38(47-20-19-45(40(47)51)24-33-27-57-37(43-33)26-48(28(2)3)41(52)53)39(50)44-35(21-30-11-7-6-8-12-30)36(49)25-46(23-32-13-9-10-14-32)58(55,56)34-17-15-31(16-18-34)22-42-54/h6-8,11-12,15-18,22,27-29,32,35-36,38,49,54H,5,9-10,13-14,19-21,23-26H2,1-4H3,(H,44,50)(H,52,53)/t29?,35-,36-,38?/m0/s1. The maximum Gasteiger partial charge on any atom is 0.407 e. The van der Waals surface area contributed by atoms with E-state index in [1.165, 1.54) is 38.9 Å². The van der Waals surface area contributed by atoms with Crippen LogP contribution in [-0.4, -0.2) is 122 Å². The van der Waals surface area contributed by atoms with Crippen LogP contribution in [0, 0.1) is 11.8 Å². The third-order valence-corrected chi connectivity index (χ3v) is 13.9. The van der Waals surface area contributed by atoms with Gasteiger partial charge in [0, 0.05) is 37.6 Å². The topological polar surface area (TPSA) is 196 Å². The van der Waals surface area contributed by atoms with E-state index in [4.69, 9.17) is 5.21 Å². The number of aliphatic hydroxyl groups is 1. The van der Waals surface area contributed by atoms with Crippen molar-refractivity contribution in [2.75, 3.05) is 26.2 Å². The summed E-state index contributed by atoms with van der Waals surface area (Å²) < 4.78 is 29.7. The number of hydrogen-bond acceptors (Lipinski definition) is 10. The van der Waals surface area contributed by atoms with Gasteiger partial charge in [0.15, 0.2) is 0 Å². The Morgan fingerprint density at radius 2 is 1.76 bits per heavy atom. The summed E-state index contributed by atoms with van der Waals surface area (Å²) in [6.07, 6.45) is 3.43. The highest BCUT2D eigenvalue weighted by atomic mass is 32.2. The third-order valence-electron chi connectivity index (χ3n) is 11.2. The molecule has 1 aliphatic carbocycles. The first-order chi connectivity index (χ1) is 27.7. The summed E-state index contributed by atoms with van der Waals surface area (Å²) in [5, 5.41) is 39.0. The molecule has 1 aliphatic heterocycles. The average molecular weight is 840 g/mol. The number of carbonyl (C=O) groups is 3. The summed E-state index contributed by atoms with van der Waals surface area (Å²) in [5.74, 6) is -0.561. The molecule has 15 nitrogen and oxygen atoms in total. The predicted octanol–water partition coefficient (Wildman–Crippen LogP) is 5.46. The molecule has 1 saturated carbocycles. The van der Waals surface area contributed by atoms with Crippen LogP contribution in [0.15, 0.2) is 70.0 Å². The third kappa shape index (κ3) is 11.3. The van der Waals surface area contributed by atoms with Gasteiger partial charge in [-0.25, -0.2) is 23.0 Å². The lowest BCUT2D eigenvalue weighted by atomic mass is 9.95. The zero-order chi connectivity index (χ0) is 42.0. The molecule has 58 heavy (non-hydrogen) atoms. The number of urea groups is 1. The zero-order valence-electron chi connectivity index (χ0n) is 33.7. The Hall–Kier alpha value is -4.58. The van der Waals surface area contributed by atoms with E-state index in [9.17, 15) is 33.0 Å². The van der Waals surface area contributed by atoms with E-state index in [1.54, 1.807) is 35.8 Å². The van der Waals surface area contributed by atoms with Gasteiger partial charge in [-0.2, -0.15) is 4.31 Å². The van der Waals surface area contributed by atoms with Crippen molar-refractivity contribution >= 4 is 45.6 Å². The van der Waals surface area contributed by atoms with Crippen molar-refractivity contribution in [2.24, 2.45) is 17.0 Å². The Labute approximate surface area is 345 Å². The fourth-order valence-corrected chi connectivity index (χ4v) is 10.0. The minimum Gasteiger partial charge on any atom is -0.465 e. The van der Waals surface area contributed by atoms with E-state index in [0.717, 1.165) is 31.2 Å². The highest BCUT2D eigenvalue weighted by Gasteiger charge is 2.41. The van der Waals surface area contributed by atoms with E-state index in [0.29, 0.717) is 35.8 Å². The number of carbonyl (C=O) groups excluding carboxylic acids is 2. The highest BCUT2D eigenvalue weighted by molar-refractivity contribution is 7.89. The van der Waals surface area contributed by atoms with Gasteiger partial charge in [-0.3, -0.25) is 9.69 Å². The molecule has 2 aliphatic rings. The van der Waals surface area contributed by atoms with Gasteiger partial charge in [0.2, 0.25) is 15.9 Å². The fourth-order valence-electron chi connectivity index (χ4n) is 7.69. The monoisotopic (exact) mass is 839 g/mol. The number of benzene rings is 2. The van der Waals surface area contributed by atoms with Gasteiger partial charge >= 0.3 is 12.1 Å². The first kappa shape index (κ1) is 44.5. The molecule has 2 aromatic carbocycles. The van der Waals surface area contributed by atoms with E-state index in [1.807, 2.05) is 49.6 Å². The van der Waals surface area contributed by atoms with Crippen molar-refractivity contribution in [3.8, 4) is 0 Å². The molecule has 316 valence electrons. The number of nitrogens with zero attached hydrogens (tertiary/aromatic N) is 6. The second kappa shape index (κ2) is 20.4. The first-order valence-electron chi connectivity index (χ1n) is 20.0. The van der Waals surface area contributed by atoms with E-state index in [2.05, 4.69) is 15.5 Å². The number of hydrogen-bond donors (Lipinski definition) is 4. The summed E-state index contributed by atoms with van der Waals surface area (Å²) >= 11 is 1.33. The Kier molecular flexibility index (Phi) is 15.7. The lowest BCUT2D eigenvalue weighted by Gasteiger charge is -2.35. The normalized spacial score (nSPS) is 17.3. The van der Waals surface area contributed by atoms with Crippen molar-refractivity contribution in [3.63, 3.8) is 0 Å². The van der Waals surface area contributed by atoms with Gasteiger partial charge in [-0.15, -0.1) is 11.3 Å². The van der Waals surface area contributed by atoms with Crippen LogP contribution in [0.5, 0.6) is 0 Å². The molecule has 4 N–H and O–H groups in total. The van der Waals surface area contributed by atoms with Crippen LogP contribution in [0.2, 0.25) is 0 Å². The smallest absolute Gasteiger partial charge is 0.407 e. The molecule has 0 bridgehead atoms. The van der Waals surface area contributed by atoms with Gasteiger partial charge < -0.3 is 30.5 Å². The Balaban J connectivity index is 1.35. The molecule has 0 radical (unpaired) electrons. The number of thiazole rings is 1. The number of aliphatic hydroxyl groups excluding tert-OH is 1. The van der Waals surface area contributed by atoms with Crippen molar-refractivity contribution in [1.82, 2.24) is 29.3 Å². The summed E-state index contributed by atoms with van der Waals surface area (Å²) in [4.78, 5) is 49.3. The molecule has 5 rings (SSSR count). The molecule has 1 aromatic heterocycles. The summed E-state index contributed by atoms with van der Waals surface area (Å²) in [6.45, 7) is 8.39. The Bertz CT molecular complexity index is 1960. The molecule has 2 fully saturated rings. The highest BCUT2D eigenvalue weighted by Crippen LogP contribution is 2.29. The molecule has 4 amide bonds. The largest absolute Gasteiger partial charge is 0.465 e. The molecular formula is C41H57N7O8S2. The number of amides is 4. The number of oxime groups is 1. The van der Waals surface area contributed by atoms with Crippen LogP contribution in [0.1, 0.15) is 81.6 Å². The van der Waals surface area contributed by atoms with Crippen molar-refractivity contribution in [1.29, 1.82) is 0 Å². The molecule has 1 saturated heterocycles. The second-order valence-electron chi connectivity index (χ2n) is 15.6. The lowest BCUT2D eigenvalue weighted by molar-refractivity contribution is -0.128. The minimum absolute atomic E-state index is 0.0389. The van der Waals surface area contributed by atoms with E-state index < -0.39 is 40.2 Å². The van der Waals surface area contributed by atoms with Crippen molar-refractivity contribution in [3.05, 3.63) is 81.8 Å². The predicted molar refractivity (Wildman–Crippen MR) is 221 cm³/mol. The van der Waals surface area contributed by atoms with Crippen LogP contribution >= 0.6 is 11.3 Å². The Morgan fingerprint density at radius 3 is 2.38 bits per heavy atom. The van der Waals surface area contributed by atoms with Gasteiger partial charge in [0.25, 0.3) is 0 Å². The van der Waals surface area contributed by atoms with Gasteiger partial charge in [-0.05, 0) is 68.2 Å². The summed E-state index contributed by atoms with van der Waals surface area (Å²) in [5.41, 5.74) is 1.99.